The number of aromatic nitrogens is 2. The average Bonchev–Trinajstić information content (AvgIpc) is 3.29. The molecule has 136 valence electrons. The van der Waals surface area contributed by atoms with Gasteiger partial charge in [0.25, 0.3) is 5.56 Å². The number of aryl methyl sites for hydroxylation is 1. The highest BCUT2D eigenvalue weighted by molar-refractivity contribution is 5.79. The zero-order chi connectivity index (χ0) is 17.6. The lowest BCUT2D eigenvalue weighted by atomic mass is 9.95. The Morgan fingerprint density at radius 2 is 1.88 bits per heavy atom. The third-order valence-electron chi connectivity index (χ3n) is 6.34. The molecule has 2 aliphatic heterocycles. The highest BCUT2D eigenvalue weighted by Gasteiger charge is 2.36. The van der Waals surface area contributed by atoms with Crippen LogP contribution in [0.15, 0.2) is 4.79 Å². The van der Waals surface area contributed by atoms with E-state index >= 15 is 0 Å². The van der Waals surface area contributed by atoms with E-state index in [-0.39, 0.29) is 17.4 Å². The second-order valence-electron chi connectivity index (χ2n) is 7.92. The number of amides is 1. The second kappa shape index (κ2) is 6.56. The van der Waals surface area contributed by atoms with Gasteiger partial charge in [-0.15, -0.1) is 0 Å². The van der Waals surface area contributed by atoms with Gasteiger partial charge < -0.3 is 4.90 Å². The van der Waals surface area contributed by atoms with Gasteiger partial charge in [0.1, 0.15) is 5.82 Å². The van der Waals surface area contributed by atoms with E-state index in [0.717, 1.165) is 31.6 Å². The molecule has 2 fully saturated rings. The molecule has 0 bridgehead atoms. The maximum Gasteiger partial charge on any atom is 0.258 e. The second-order valence-corrected chi connectivity index (χ2v) is 7.92. The summed E-state index contributed by atoms with van der Waals surface area (Å²) in [6, 6.07) is 0.683. The van der Waals surface area contributed by atoms with Crippen LogP contribution in [0.4, 0.5) is 0 Å². The van der Waals surface area contributed by atoms with Gasteiger partial charge in [-0.3, -0.25) is 19.1 Å². The number of rotatable bonds is 2. The summed E-state index contributed by atoms with van der Waals surface area (Å²) < 4.78 is 1.58. The Bertz CT molecular complexity index is 736. The number of carbonyl (C=O) groups excluding carboxylic acids is 1. The minimum Gasteiger partial charge on any atom is -0.332 e. The Balaban J connectivity index is 1.46. The van der Waals surface area contributed by atoms with Gasteiger partial charge in [-0.2, -0.15) is 0 Å². The maximum atomic E-state index is 13.1. The predicted molar refractivity (Wildman–Crippen MR) is 95.0 cm³/mol. The van der Waals surface area contributed by atoms with Gasteiger partial charge in [0, 0.05) is 19.6 Å². The van der Waals surface area contributed by atoms with Crippen LogP contribution in [-0.4, -0.2) is 44.4 Å². The van der Waals surface area contributed by atoms with Gasteiger partial charge >= 0.3 is 0 Å². The van der Waals surface area contributed by atoms with Crippen molar-refractivity contribution in [2.24, 2.45) is 13.0 Å². The molecule has 4 rings (SSSR count). The quantitative estimate of drug-likeness (QED) is 0.817. The molecule has 1 aliphatic carbocycles. The predicted octanol–water partition coefficient (Wildman–Crippen LogP) is 1.59. The van der Waals surface area contributed by atoms with E-state index in [2.05, 4.69) is 9.88 Å². The van der Waals surface area contributed by atoms with Gasteiger partial charge in [0.15, 0.2) is 0 Å². The highest BCUT2D eigenvalue weighted by atomic mass is 16.2. The summed E-state index contributed by atoms with van der Waals surface area (Å²) in [6.45, 7) is 4.78. The Kier molecular flexibility index (Phi) is 4.40. The van der Waals surface area contributed by atoms with Crippen molar-refractivity contribution in [3.05, 3.63) is 27.4 Å². The van der Waals surface area contributed by atoms with Crippen molar-refractivity contribution in [3.63, 3.8) is 0 Å². The first-order valence-corrected chi connectivity index (χ1v) is 9.63. The van der Waals surface area contributed by atoms with Gasteiger partial charge in [0.2, 0.25) is 5.91 Å². The standard InChI is InChI=1S/C19H28N4O2/c1-13-20-17-12-23(11-16(17)19(25)21(13)2)18(24)14-6-5-9-22(10-14)15-7-3-4-8-15/h14-15H,3-12H2,1-2H3. The molecule has 1 saturated heterocycles. The van der Waals surface area contributed by atoms with Crippen LogP contribution in [0.25, 0.3) is 0 Å². The van der Waals surface area contributed by atoms with Crippen LogP contribution in [0.2, 0.25) is 0 Å². The fraction of sp³-hybridized carbons (Fsp3) is 0.737. The zero-order valence-electron chi connectivity index (χ0n) is 15.3. The molecule has 1 amide bonds. The molecular weight excluding hydrogens is 316 g/mol. The minimum atomic E-state index is -0.00553. The largest absolute Gasteiger partial charge is 0.332 e. The molecule has 0 radical (unpaired) electrons. The monoisotopic (exact) mass is 344 g/mol. The SMILES string of the molecule is Cc1nc2c(c(=O)n1C)CN(C(=O)C1CCCN(C3CCCC3)C1)C2. The van der Waals surface area contributed by atoms with Gasteiger partial charge in [-0.05, 0) is 39.2 Å². The van der Waals surface area contributed by atoms with Crippen molar-refractivity contribution in [1.29, 1.82) is 0 Å². The zero-order valence-corrected chi connectivity index (χ0v) is 15.3. The first-order chi connectivity index (χ1) is 12.0. The topological polar surface area (TPSA) is 58.4 Å². The number of carbonyl (C=O) groups is 1. The lowest BCUT2D eigenvalue weighted by molar-refractivity contribution is -0.138. The summed E-state index contributed by atoms with van der Waals surface area (Å²) in [7, 11) is 1.75. The highest BCUT2D eigenvalue weighted by Crippen LogP contribution is 2.30. The lowest BCUT2D eigenvalue weighted by Crippen LogP contribution is -2.46. The van der Waals surface area contributed by atoms with Crippen LogP contribution in [-0.2, 0) is 24.9 Å². The number of likely N-dealkylation sites (tertiary alicyclic amines) is 1. The molecule has 1 unspecified atom stereocenters. The summed E-state index contributed by atoms with van der Waals surface area (Å²) in [6.07, 6.45) is 7.31. The maximum absolute atomic E-state index is 13.1. The van der Waals surface area contributed by atoms with E-state index in [1.807, 2.05) is 11.8 Å². The van der Waals surface area contributed by atoms with E-state index in [9.17, 15) is 9.59 Å². The number of hydrogen-bond acceptors (Lipinski definition) is 4. The number of fused-ring (bicyclic) bond motifs is 1. The first kappa shape index (κ1) is 16.8. The Morgan fingerprint density at radius 1 is 1.12 bits per heavy atom. The molecule has 6 nitrogen and oxygen atoms in total. The van der Waals surface area contributed by atoms with Gasteiger partial charge in [-0.25, -0.2) is 4.98 Å². The van der Waals surface area contributed by atoms with E-state index < -0.39 is 0 Å². The van der Waals surface area contributed by atoms with Crippen LogP contribution in [0, 0.1) is 12.8 Å². The van der Waals surface area contributed by atoms with Gasteiger partial charge in [-0.1, -0.05) is 12.8 Å². The van der Waals surface area contributed by atoms with Crippen LogP contribution in [0.1, 0.15) is 55.6 Å². The molecule has 0 N–H and O–H groups in total. The van der Waals surface area contributed by atoms with Gasteiger partial charge in [0.05, 0.1) is 30.3 Å². The first-order valence-electron chi connectivity index (χ1n) is 9.63. The lowest BCUT2D eigenvalue weighted by Gasteiger charge is -2.37. The summed E-state index contributed by atoms with van der Waals surface area (Å²) in [5, 5.41) is 0. The van der Waals surface area contributed by atoms with Crippen LogP contribution in [0.3, 0.4) is 0 Å². The normalized spacial score (nSPS) is 24.7. The van der Waals surface area contributed by atoms with Crippen LogP contribution < -0.4 is 5.56 Å². The smallest absolute Gasteiger partial charge is 0.258 e. The van der Waals surface area contributed by atoms with Crippen LogP contribution >= 0.6 is 0 Å². The fourth-order valence-electron chi connectivity index (χ4n) is 4.75. The summed E-state index contributed by atoms with van der Waals surface area (Å²) >= 11 is 0. The van der Waals surface area contributed by atoms with Crippen molar-refractivity contribution in [2.75, 3.05) is 13.1 Å². The Hall–Kier alpha value is -1.69. The van der Waals surface area contributed by atoms with Crippen LogP contribution in [0.5, 0.6) is 0 Å². The van der Waals surface area contributed by atoms with E-state index in [4.69, 9.17) is 0 Å². The van der Waals surface area contributed by atoms with Crippen molar-refractivity contribution in [3.8, 4) is 0 Å². The number of piperidine rings is 1. The van der Waals surface area contributed by atoms with Crippen molar-refractivity contribution in [2.45, 2.75) is 64.6 Å². The van der Waals surface area contributed by atoms with Crippen molar-refractivity contribution < 1.29 is 4.79 Å². The molecule has 0 aromatic carbocycles. The molecule has 1 atom stereocenters. The molecular formula is C19H28N4O2. The molecule has 25 heavy (non-hydrogen) atoms. The molecule has 3 heterocycles. The van der Waals surface area contributed by atoms with Crippen molar-refractivity contribution >= 4 is 5.91 Å². The molecule has 6 heteroatoms. The summed E-state index contributed by atoms with van der Waals surface area (Å²) in [5.41, 5.74) is 1.48. The van der Waals surface area contributed by atoms with Crippen molar-refractivity contribution in [1.82, 2.24) is 19.4 Å². The molecule has 3 aliphatic rings. The molecule has 1 aromatic rings. The number of hydrogen-bond donors (Lipinski definition) is 0. The van der Waals surface area contributed by atoms with E-state index in [1.54, 1.807) is 11.6 Å². The Morgan fingerprint density at radius 3 is 2.64 bits per heavy atom. The number of nitrogens with zero attached hydrogens (tertiary/aromatic N) is 4. The molecule has 0 spiro atoms. The third-order valence-corrected chi connectivity index (χ3v) is 6.34. The Labute approximate surface area is 148 Å². The van der Waals surface area contributed by atoms with E-state index in [1.165, 1.54) is 25.7 Å². The minimum absolute atomic E-state index is 0.00553. The summed E-state index contributed by atoms with van der Waals surface area (Å²) in [4.78, 5) is 34.4. The summed E-state index contributed by atoms with van der Waals surface area (Å²) in [5.74, 6) is 0.997. The molecule has 1 saturated carbocycles. The average molecular weight is 344 g/mol. The fourth-order valence-corrected chi connectivity index (χ4v) is 4.75. The van der Waals surface area contributed by atoms with E-state index in [0.29, 0.717) is 30.5 Å². The molecule has 1 aromatic heterocycles. The third kappa shape index (κ3) is 3.01.